The number of fused-ring (bicyclic) bond motifs is 1. The van der Waals surface area contributed by atoms with Gasteiger partial charge in [0.05, 0.1) is 19.7 Å². The van der Waals surface area contributed by atoms with Gasteiger partial charge in [0.25, 0.3) is 0 Å². The van der Waals surface area contributed by atoms with E-state index in [0.29, 0.717) is 28.3 Å². The van der Waals surface area contributed by atoms with E-state index in [1.807, 2.05) is 56.3 Å². The predicted molar refractivity (Wildman–Crippen MR) is 154 cm³/mol. The lowest BCUT2D eigenvalue weighted by Crippen LogP contribution is -2.47. The number of aromatic nitrogens is 3. The SMILES string of the molecule is COc1ccc(C(C(=O)NC2CCCC2)N(C(=O)Cn2nnc3ccccc32)c2cc(C)ccc2C)c(OC)c1. The van der Waals surface area contributed by atoms with Crippen molar-refractivity contribution in [1.29, 1.82) is 0 Å². The number of hydrogen-bond donors (Lipinski definition) is 1. The molecule has 1 aliphatic carbocycles. The number of nitrogens with zero attached hydrogens (tertiary/aromatic N) is 4. The van der Waals surface area contributed by atoms with Crippen LogP contribution in [0, 0.1) is 13.8 Å². The number of para-hydroxylation sites is 1. The van der Waals surface area contributed by atoms with Crippen molar-refractivity contribution in [3.8, 4) is 11.5 Å². The number of benzene rings is 3. The van der Waals surface area contributed by atoms with Crippen molar-refractivity contribution >= 4 is 28.5 Å². The molecule has 1 aliphatic rings. The highest BCUT2D eigenvalue weighted by atomic mass is 16.5. The van der Waals surface area contributed by atoms with E-state index in [2.05, 4.69) is 15.6 Å². The lowest BCUT2D eigenvalue weighted by Gasteiger charge is -2.34. The molecular weight excluding hydrogens is 506 g/mol. The van der Waals surface area contributed by atoms with Crippen molar-refractivity contribution in [3.63, 3.8) is 0 Å². The summed E-state index contributed by atoms with van der Waals surface area (Å²) in [6.07, 6.45) is 3.97. The molecule has 0 saturated heterocycles. The normalized spacial score (nSPS) is 14.2. The first kappa shape index (κ1) is 27.2. The Morgan fingerprint density at radius 2 is 1.80 bits per heavy atom. The van der Waals surface area contributed by atoms with Gasteiger partial charge in [-0.25, -0.2) is 4.68 Å². The van der Waals surface area contributed by atoms with Crippen molar-refractivity contribution in [2.24, 2.45) is 0 Å². The number of aryl methyl sites for hydroxylation is 2. The van der Waals surface area contributed by atoms with Crippen molar-refractivity contribution in [2.75, 3.05) is 19.1 Å². The van der Waals surface area contributed by atoms with Gasteiger partial charge in [0.2, 0.25) is 11.8 Å². The Morgan fingerprint density at radius 1 is 1.02 bits per heavy atom. The van der Waals surface area contributed by atoms with Gasteiger partial charge in [-0.05, 0) is 68.1 Å². The van der Waals surface area contributed by atoms with E-state index < -0.39 is 6.04 Å². The molecule has 2 amide bonds. The number of anilines is 1. The third-order valence-corrected chi connectivity index (χ3v) is 7.54. The Morgan fingerprint density at radius 3 is 2.55 bits per heavy atom. The first-order chi connectivity index (χ1) is 19.4. The zero-order valence-corrected chi connectivity index (χ0v) is 23.4. The highest BCUT2D eigenvalue weighted by Crippen LogP contribution is 2.38. The molecule has 4 aromatic rings. The molecule has 1 heterocycles. The fraction of sp³-hybridized carbons (Fsp3) is 0.355. The van der Waals surface area contributed by atoms with Gasteiger partial charge in [-0.2, -0.15) is 0 Å². The van der Waals surface area contributed by atoms with Crippen molar-refractivity contribution < 1.29 is 19.1 Å². The molecule has 0 radical (unpaired) electrons. The second-order valence-electron chi connectivity index (χ2n) is 10.3. The first-order valence-electron chi connectivity index (χ1n) is 13.6. The zero-order valence-electron chi connectivity index (χ0n) is 23.4. The first-order valence-corrected chi connectivity index (χ1v) is 13.6. The van der Waals surface area contributed by atoms with E-state index in [4.69, 9.17) is 9.47 Å². The number of amides is 2. The molecule has 1 fully saturated rings. The molecule has 9 heteroatoms. The number of ether oxygens (including phenoxy) is 2. The predicted octanol–water partition coefficient (Wildman–Crippen LogP) is 4.90. The van der Waals surface area contributed by atoms with Gasteiger partial charge < -0.3 is 14.8 Å². The third-order valence-electron chi connectivity index (χ3n) is 7.54. The van der Waals surface area contributed by atoms with E-state index in [-0.39, 0.29) is 24.4 Å². The van der Waals surface area contributed by atoms with Crippen LogP contribution in [0.15, 0.2) is 60.7 Å². The minimum Gasteiger partial charge on any atom is -0.497 e. The number of rotatable bonds is 9. The number of carbonyl (C=O) groups is 2. The maximum absolute atomic E-state index is 14.4. The standard InChI is InChI=1S/C31H35N5O4/c1-20-13-14-21(2)27(17-20)36(29(37)19-35-26-12-8-7-11-25(26)33-34-35)30(31(38)32-22-9-5-6-10-22)24-16-15-23(39-3)18-28(24)40-4/h7-8,11-18,22,30H,5-6,9-10,19H2,1-4H3,(H,32,38). The number of nitrogens with one attached hydrogen (secondary N) is 1. The van der Waals surface area contributed by atoms with Crippen LogP contribution in [-0.4, -0.2) is 47.1 Å². The summed E-state index contributed by atoms with van der Waals surface area (Å²) in [5, 5.41) is 11.7. The summed E-state index contributed by atoms with van der Waals surface area (Å²) >= 11 is 0. The van der Waals surface area contributed by atoms with Crippen molar-refractivity contribution in [1.82, 2.24) is 20.3 Å². The molecule has 1 atom stereocenters. The van der Waals surface area contributed by atoms with Gasteiger partial charge >= 0.3 is 0 Å². The molecule has 3 aromatic carbocycles. The maximum atomic E-state index is 14.4. The van der Waals surface area contributed by atoms with Crippen molar-refractivity contribution in [3.05, 3.63) is 77.4 Å². The highest BCUT2D eigenvalue weighted by molar-refractivity contribution is 6.02. The summed E-state index contributed by atoms with van der Waals surface area (Å²) in [4.78, 5) is 30.2. The van der Waals surface area contributed by atoms with Crippen LogP contribution in [0.2, 0.25) is 0 Å². The van der Waals surface area contributed by atoms with Gasteiger partial charge in [-0.15, -0.1) is 5.10 Å². The van der Waals surface area contributed by atoms with E-state index in [1.165, 1.54) is 0 Å². The molecule has 5 rings (SSSR count). The molecule has 0 aliphatic heterocycles. The van der Waals surface area contributed by atoms with Crippen LogP contribution in [-0.2, 0) is 16.1 Å². The molecule has 1 unspecified atom stereocenters. The van der Waals surface area contributed by atoms with Crippen LogP contribution in [0.5, 0.6) is 11.5 Å². The highest BCUT2D eigenvalue weighted by Gasteiger charge is 2.37. The fourth-order valence-corrected chi connectivity index (χ4v) is 5.43. The number of hydrogen-bond acceptors (Lipinski definition) is 6. The van der Waals surface area contributed by atoms with Crippen LogP contribution in [0.3, 0.4) is 0 Å². The summed E-state index contributed by atoms with van der Waals surface area (Å²) in [5.74, 6) is 0.497. The smallest absolute Gasteiger partial charge is 0.249 e. The maximum Gasteiger partial charge on any atom is 0.249 e. The van der Waals surface area contributed by atoms with Crippen LogP contribution >= 0.6 is 0 Å². The fourth-order valence-electron chi connectivity index (χ4n) is 5.43. The molecule has 0 spiro atoms. The molecule has 1 N–H and O–H groups in total. The van der Waals surface area contributed by atoms with Crippen LogP contribution < -0.4 is 19.7 Å². The largest absolute Gasteiger partial charge is 0.497 e. The average Bonchev–Trinajstić information content (AvgIpc) is 3.63. The minimum atomic E-state index is -0.996. The summed E-state index contributed by atoms with van der Waals surface area (Å²) < 4.78 is 12.7. The molecular formula is C31H35N5O4. The average molecular weight is 542 g/mol. The van der Waals surface area contributed by atoms with Crippen LogP contribution in [0.4, 0.5) is 5.69 Å². The monoisotopic (exact) mass is 541 g/mol. The lowest BCUT2D eigenvalue weighted by molar-refractivity contribution is -0.127. The van der Waals surface area contributed by atoms with Crippen molar-refractivity contribution in [2.45, 2.75) is 58.2 Å². The lowest BCUT2D eigenvalue weighted by atomic mass is 9.99. The quantitative estimate of drug-likeness (QED) is 0.324. The second kappa shape index (κ2) is 11.8. The molecule has 1 saturated carbocycles. The number of methoxy groups -OCH3 is 2. The summed E-state index contributed by atoms with van der Waals surface area (Å²) in [7, 11) is 3.13. The van der Waals surface area contributed by atoms with Crippen LogP contribution in [0.1, 0.15) is 48.4 Å². The summed E-state index contributed by atoms with van der Waals surface area (Å²) in [6, 6.07) is 17.8. The van der Waals surface area contributed by atoms with E-state index in [1.54, 1.807) is 42.0 Å². The van der Waals surface area contributed by atoms with E-state index >= 15 is 0 Å². The van der Waals surface area contributed by atoms with Gasteiger partial charge in [0.1, 0.15) is 29.6 Å². The minimum absolute atomic E-state index is 0.0639. The number of carbonyl (C=O) groups excluding carboxylic acids is 2. The van der Waals surface area contributed by atoms with E-state index in [0.717, 1.165) is 42.3 Å². The van der Waals surface area contributed by atoms with Gasteiger partial charge in [-0.3, -0.25) is 14.5 Å². The molecule has 0 bridgehead atoms. The Hall–Kier alpha value is -4.40. The second-order valence-corrected chi connectivity index (χ2v) is 10.3. The Balaban J connectivity index is 1.65. The molecule has 1 aromatic heterocycles. The van der Waals surface area contributed by atoms with Gasteiger partial charge in [-0.1, -0.05) is 42.3 Å². The third kappa shape index (κ3) is 5.50. The molecule has 40 heavy (non-hydrogen) atoms. The van der Waals surface area contributed by atoms with Gasteiger partial charge in [0, 0.05) is 23.4 Å². The van der Waals surface area contributed by atoms with Crippen LogP contribution in [0.25, 0.3) is 11.0 Å². The Bertz CT molecular complexity index is 1530. The molecule has 9 nitrogen and oxygen atoms in total. The van der Waals surface area contributed by atoms with Gasteiger partial charge in [0.15, 0.2) is 0 Å². The molecule has 208 valence electrons. The Kier molecular flexibility index (Phi) is 8.00. The topological polar surface area (TPSA) is 98.6 Å². The Labute approximate surface area is 234 Å². The summed E-state index contributed by atoms with van der Waals surface area (Å²) in [5.41, 5.74) is 4.50. The summed E-state index contributed by atoms with van der Waals surface area (Å²) in [6.45, 7) is 3.81. The zero-order chi connectivity index (χ0) is 28.2. The van der Waals surface area contributed by atoms with E-state index in [9.17, 15) is 9.59 Å².